The predicted octanol–water partition coefficient (Wildman–Crippen LogP) is 4.89. The van der Waals surface area contributed by atoms with Crippen LogP contribution in [-0.2, 0) is 21.2 Å². The van der Waals surface area contributed by atoms with Crippen molar-refractivity contribution in [1.29, 1.82) is 0 Å². The first-order chi connectivity index (χ1) is 14.8. The van der Waals surface area contributed by atoms with Crippen molar-refractivity contribution in [2.75, 3.05) is 12.9 Å². The Bertz CT molecular complexity index is 1290. The molecule has 0 atom stereocenters. The van der Waals surface area contributed by atoms with Crippen LogP contribution in [-0.4, -0.2) is 31.8 Å². The van der Waals surface area contributed by atoms with Crippen LogP contribution >= 0.6 is 34.5 Å². The van der Waals surface area contributed by atoms with Gasteiger partial charge >= 0.3 is 0 Å². The second-order valence-electron chi connectivity index (χ2n) is 6.59. The zero-order valence-corrected chi connectivity index (χ0v) is 19.8. The number of halogens is 2. The van der Waals surface area contributed by atoms with Crippen LogP contribution in [0.4, 0.5) is 0 Å². The SMILES string of the molecule is C=CCn1c(=NC(=O)CCCS(=O)(=O)c2ccc(OC)cc2)sc2c(Cl)ccc(Cl)c21. The molecule has 0 fully saturated rings. The summed E-state index contributed by atoms with van der Waals surface area (Å²) in [5.41, 5.74) is 0.688. The Labute approximate surface area is 194 Å². The topological polar surface area (TPSA) is 77.7 Å². The minimum Gasteiger partial charge on any atom is -0.497 e. The number of thiazole rings is 1. The molecule has 6 nitrogen and oxygen atoms in total. The van der Waals surface area contributed by atoms with Crippen LogP contribution in [0.15, 0.2) is 58.9 Å². The fourth-order valence-electron chi connectivity index (χ4n) is 2.97. The van der Waals surface area contributed by atoms with Crippen molar-refractivity contribution in [2.24, 2.45) is 4.99 Å². The summed E-state index contributed by atoms with van der Waals surface area (Å²) in [6, 6.07) is 9.53. The van der Waals surface area contributed by atoms with Crippen LogP contribution in [0, 0.1) is 0 Å². The van der Waals surface area contributed by atoms with E-state index in [0.29, 0.717) is 32.7 Å². The molecule has 0 aliphatic heterocycles. The number of carbonyl (C=O) groups is 1. The van der Waals surface area contributed by atoms with Crippen LogP contribution in [0.25, 0.3) is 10.2 Å². The number of hydrogen-bond donors (Lipinski definition) is 0. The number of amides is 1. The summed E-state index contributed by atoms with van der Waals surface area (Å²) in [4.78, 5) is 17.3. The Balaban J connectivity index is 1.77. The fourth-order valence-corrected chi connectivity index (χ4v) is 5.95. The number of rotatable bonds is 8. The third-order valence-electron chi connectivity index (χ3n) is 4.48. The van der Waals surface area contributed by atoms with Gasteiger partial charge in [-0.15, -0.1) is 6.58 Å². The molecule has 1 aromatic heterocycles. The molecule has 0 N–H and O–H groups in total. The number of methoxy groups -OCH3 is 1. The Morgan fingerprint density at radius 3 is 2.52 bits per heavy atom. The van der Waals surface area contributed by atoms with E-state index < -0.39 is 15.7 Å². The van der Waals surface area contributed by atoms with E-state index in [1.54, 1.807) is 34.9 Å². The van der Waals surface area contributed by atoms with Gasteiger partial charge in [0.15, 0.2) is 14.6 Å². The molecule has 3 rings (SSSR count). The highest BCUT2D eigenvalue weighted by Gasteiger charge is 2.16. The maximum absolute atomic E-state index is 12.5. The molecule has 31 heavy (non-hydrogen) atoms. The first-order valence-electron chi connectivity index (χ1n) is 9.29. The van der Waals surface area contributed by atoms with E-state index in [1.807, 2.05) is 0 Å². The fraction of sp³-hybridized carbons (Fsp3) is 0.238. The van der Waals surface area contributed by atoms with E-state index in [9.17, 15) is 13.2 Å². The van der Waals surface area contributed by atoms with Crippen LogP contribution < -0.4 is 9.54 Å². The molecule has 0 saturated carbocycles. The number of sulfone groups is 1. The van der Waals surface area contributed by atoms with Gasteiger partial charge in [0.2, 0.25) is 5.91 Å². The highest BCUT2D eigenvalue weighted by molar-refractivity contribution is 7.91. The quantitative estimate of drug-likeness (QED) is 0.414. The summed E-state index contributed by atoms with van der Waals surface area (Å²) in [6.07, 6.45) is 1.83. The second-order valence-corrected chi connectivity index (χ2v) is 10.5. The number of allylic oxidation sites excluding steroid dienone is 1. The van der Waals surface area contributed by atoms with Gasteiger partial charge in [-0.05, 0) is 42.8 Å². The smallest absolute Gasteiger partial charge is 0.248 e. The molecule has 1 amide bonds. The van der Waals surface area contributed by atoms with Crippen molar-refractivity contribution in [3.05, 3.63) is 63.9 Å². The van der Waals surface area contributed by atoms with Crippen molar-refractivity contribution >= 4 is 60.5 Å². The number of nitrogens with zero attached hydrogens (tertiary/aromatic N) is 2. The van der Waals surface area contributed by atoms with Gasteiger partial charge in [-0.2, -0.15) is 4.99 Å². The standard InChI is InChI=1S/C21H20Cl2N2O4S2/c1-3-12-25-19-16(22)10-11-17(23)20(19)30-21(25)24-18(26)5-4-13-31(27,28)15-8-6-14(29-2)7-9-15/h3,6-11H,1,4-5,12-13H2,2H3. The number of benzene rings is 2. The summed E-state index contributed by atoms with van der Waals surface area (Å²) in [7, 11) is -1.99. The molecular weight excluding hydrogens is 479 g/mol. The predicted molar refractivity (Wildman–Crippen MR) is 125 cm³/mol. The number of fused-ring (bicyclic) bond motifs is 1. The maximum Gasteiger partial charge on any atom is 0.248 e. The Morgan fingerprint density at radius 1 is 1.19 bits per heavy atom. The van der Waals surface area contributed by atoms with Gasteiger partial charge in [0.05, 0.1) is 38.0 Å². The lowest BCUT2D eigenvalue weighted by molar-refractivity contribution is -0.118. The van der Waals surface area contributed by atoms with E-state index in [4.69, 9.17) is 27.9 Å². The largest absolute Gasteiger partial charge is 0.497 e. The van der Waals surface area contributed by atoms with Gasteiger partial charge in [0.25, 0.3) is 0 Å². The van der Waals surface area contributed by atoms with Gasteiger partial charge in [0.1, 0.15) is 5.75 Å². The number of carbonyl (C=O) groups excluding carboxylic acids is 1. The zero-order valence-electron chi connectivity index (χ0n) is 16.7. The molecule has 2 aromatic carbocycles. The van der Waals surface area contributed by atoms with Gasteiger partial charge in [0, 0.05) is 13.0 Å². The molecule has 0 aliphatic rings. The third kappa shape index (κ3) is 5.38. The lowest BCUT2D eigenvalue weighted by Crippen LogP contribution is -2.16. The van der Waals surface area contributed by atoms with Crippen molar-refractivity contribution in [1.82, 2.24) is 4.57 Å². The molecule has 0 bridgehead atoms. The number of aromatic nitrogens is 1. The Kier molecular flexibility index (Phi) is 7.59. The van der Waals surface area contributed by atoms with Crippen LogP contribution in [0.2, 0.25) is 10.0 Å². The summed E-state index contributed by atoms with van der Waals surface area (Å²) < 4.78 is 32.5. The van der Waals surface area contributed by atoms with Gasteiger partial charge in [-0.3, -0.25) is 4.79 Å². The molecule has 1 heterocycles. The average molecular weight is 499 g/mol. The van der Waals surface area contributed by atoms with E-state index in [1.165, 1.54) is 30.6 Å². The number of ether oxygens (including phenoxy) is 1. The lowest BCUT2D eigenvalue weighted by Gasteiger charge is -2.05. The van der Waals surface area contributed by atoms with Crippen LogP contribution in [0.5, 0.6) is 5.75 Å². The molecule has 0 spiro atoms. The van der Waals surface area contributed by atoms with E-state index >= 15 is 0 Å². The lowest BCUT2D eigenvalue weighted by atomic mass is 10.3. The van der Waals surface area contributed by atoms with Gasteiger partial charge in [-0.1, -0.05) is 40.6 Å². The monoisotopic (exact) mass is 498 g/mol. The Morgan fingerprint density at radius 2 is 1.87 bits per heavy atom. The highest BCUT2D eigenvalue weighted by atomic mass is 35.5. The van der Waals surface area contributed by atoms with Crippen molar-refractivity contribution in [3.8, 4) is 5.75 Å². The van der Waals surface area contributed by atoms with Crippen molar-refractivity contribution in [2.45, 2.75) is 24.3 Å². The van der Waals surface area contributed by atoms with Crippen LogP contribution in [0.3, 0.4) is 0 Å². The molecule has 0 radical (unpaired) electrons. The van der Waals surface area contributed by atoms with E-state index in [2.05, 4.69) is 11.6 Å². The summed E-state index contributed by atoms with van der Waals surface area (Å²) >= 11 is 13.8. The molecule has 0 unspecified atom stereocenters. The first-order valence-corrected chi connectivity index (χ1v) is 12.5. The summed E-state index contributed by atoms with van der Waals surface area (Å²) in [6.45, 7) is 4.14. The second kappa shape index (κ2) is 9.99. The molecule has 3 aromatic rings. The van der Waals surface area contributed by atoms with Crippen LogP contribution in [0.1, 0.15) is 12.8 Å². The first kappa shape index (κ1) is 23.5. The minimum atomic E-state index is -3.50. The van der Waals surface area contributed by atoms with Gasteiger partial charge < -0.3 is 9.30 Å². The van der Waals surface area contributed by atoms with Crippen molar-refractivity contribution in [3.63, 3.8) is 0 Å². The van der Waals surface area contributed by atoms with Crippen molar-refractivity contribution < 1.29 is 17.9 Å². The average Bonchev–Trinajstić information content (AvgIpc) is 3.10. The summed E-state index contributed by atoms with van der Waals surface area (Å²) in [5.74, 6) is 0.00275. The molecule has 0 aliphatic carbocycles. The minimum absolute atomic E-state index is 0.000810. The molecule has 10 heteroatoms. The maximum atomic E-state index is 12.5. The molecule has 0 saturated heterocycles. The number of hydrogen-bond acceptors (Lipinski definition) is 5. The summed E-state index contributed by atoms with van der Waals surface area (Å²) in [5, 5.41) is 1.01. The highest BCUT2D eigenvalue weighted by Crippen LogP contribution is 2.31. The molecular formula is C21H20Cl2N2O4S2. The Hall–Kier alpha value is -2.13. The van der Waals surface area contributed by atoms with E-state index in [-0.39, 0.29) is 23.5 Å². The zero-order chi connectivity index (χ0) is 22.6. The third-order valence-corrected chi connectivity index (χ3v) is 8.14. The van der Waals surface area contributed by atoms with E-state index in [0.717, 1.165) is 4.70 Å². The molecule has 164 valence electrons. The van der Waals surface area contributed by atoms with Gasteiger partial charge in [-0.25, -0.2) is 8.42 Å². The normalized spacial score (nSPS) is 12.3.